The van der Waals surface area contributed by atoms with E-state index in [1.165, 1.54) is 4.68 Å². The lowest BCUT2D eigenvalue weighted by Crippen LogP contribution is -2.12. The zero-order valence-electron chi connectivity index (χ0n) is 12.1. The number of para-hydroxylation sites is 1. The van der Waals surface area contributed by atoms with Crippen LogP contribution in [0.4, 0.5) is 0 Å². The number of ketones is 1. The van der Waals surface area contributed by atoms with Crippen molar-refractivity contribution in [3.05, 3.63) is 46.2 Å². The van der Waals surface area contributed by atoms with Gasteiger partial charge in [-0.3, -0.25) is 4.79 Å². The monoisotopic (exact) mass is 384 g/mol. The second-order valence-corrected chi connectivity index (χ2v) is 5.42. The Morgan fingerprint density at radius 3 is 2.64 bits per heavy atom. The lowest BCUT2D eigenvalue weighted by atomic mass is 10.1. The van der Waals surface area contributed by atoms with Crippen molar-refractivity contribution in [3.63, 3.8) is 0 Å². The fourth-order valence-corrected chi connectivity index (χ4v) is 2.60. The number of esters is 1. The first-order chi connectivity index (χ1) is 10.5. The number of carbonyl (C=O) groups is 2. The molecule has 0 unspecified atom stereocenters. The van der Waals surface area contributed by atoms with Crippen molar-refractivity contribution < 1.29 is 14.3 Å². The zero-order chi connectivity index (χ0) is 16.3. The predicted molar refractivity (Wildman–Crippen MR) is 87.4 cm³/mol. The maximum atomic E-state index is 12.2. The number of benzene rings is 1. The van der Waals surface area contributed by atoms with E-state index in [4.69, 9.17) is 16.3 Å². The summed E-state index contributed by atoms with van der Waals surface area (Å²) in [5.74, 6) is -0.862. The summed E-state index contributed by atoms with van der Waals surface area (Å²) in [7, 11) is 0. The Hall–Kier alpha value is -1.66. The van der Waals surface area contributed by atoms with Crippen molar-refractivity contribution in [1.82, 2.24) is 9.78 Å². The standard InChI is InChI=1S/C15H14BrClN2O3/c1-3-22-15(21)14-13(12(20)8-16)9(2)19(18-14)11-7-5-4-6-10(11)17/h4-7H,3,8H2,1-2H3. The van der Waals surface area contributed by atoms with Gasteiger partial charge in [0.05, 0.1) is 33.9 Å². The number of nitrogens with zero attached hydrogens (tertiary/aromatic N) is 2. The summed E-state index contributed by atoms with van der Waals surface area (Å²) in [4.78, 5) is 24.2. The molecule has 0 spiro atoms. The number of hydrogen-bond donors (Lipinski definition) is 0. The number of hydrogen-bond acceptors (Lipinski definition) is 4. The lowest BCUT2D eigenvalue weighted by molar-refractivity contribution is 0.0516. The second-order valence-electron chi connectivity index (χ2n) is 4.45. The second kappa shape index (κ2) is 7.07. The van der Waals surface area contributed by atoms with Crippen LogP contribution in [0.5, 0.6) is 0 Å². The van der Waals surface area contributed by atoms with Gasteiger partial charge in [0.25, 0.3) is 0 Å². The zero-order valence-corrected chi connectivity index (χ0v) is 14.4. The summed E-state index contributed by atoms with van der Waals surface area (Å²) in [5.41, 5.74) is 1.39. The van der Waals surface area contributed by atoms with Gasteiger partial charge in [-0.2, -0.15) is 5.10 Å². The first-order valence-corrected chi connectivity index (χ1v) is 8.12. The third-order valence-electron chi connectivity index (χ3n) is 3.07. The molecule has 0 amide bonds. The molecule has 2 rings (SSSR count). The Kier molecular flexibility index (Phi) is 5.37. The Bertz CT molecular complexity index is 728. The van der Waals surface area contributed by atoms with Gasteiger partial charge in [-0.1, -0.05) is 39.7 Å². The molecule has 116 valence electrons. The molecule has 0 atom stereocenters. The number of halogens is 2. The lowest BCUT2D eigenvalue weighted by Gasteiger charge is -2.06. The molecule has 0 aliphatic heterocycles. The van der Waals surface area contributed by atoms with Gasteiger partial charge in [-0.25, -0.2) is 9.48 Å². The van der Waals surface area contributed by atoms with E-state index in [0.29, 0.717) is 16.4 Å². The fraction of sp³-hybridized carbons (Fsp3) is 0.267. The molecule has 0 bridgehead atoms. The molecule has 5 nitrogen and oxygen atoms in total. The minimum atomic E-state index is -0.624. The summed E-state index contributed by atoms with van der Waals surface area (Å²) in [6, 6.07) is 7.08. The van der Waals surface area contributed by atoms with Crippen LogP contribution in [0.1, 0.15) is 33.5 Å². The highest BCUT2D eigenvalue weighted by Crippen LogP contribution is 2.25. The molecule has 1 aromatic carbocycles. The van der Waals surface area contributed by atoms with E-state index >= 15 is 0 Å². The Morgan fingerprint density at radius 1 is 1.36 bits per heavy atom. The third kappa shape index (κ3) is 3.08. The highest BCUT2D eigenvalue weighted by Gasteiger charge is 2.27. The summed E-state index contributed by atoms with van der Waals surface area (Å²) < 4.78 is 6.47. The van der Waals surface area contributed by atoms with Crippen LogP contribution in [0.2, 0.25) is 5.02 Å². The number of rotatable bonds is 5. The van der Waals surface area contributed by atoms with Crippen LogP contribution in [-0.4, -0.2) is 33.5 Å². The molecule has 0 radical (unpaired) electrons. The number of alkyl halides is 1. The molecule has 22 heavy (non-hydrogen) atoms. The largest absolute Gasteiger partial charge is 0.461 e. The minimum Gasteiger partial charge on any atom is -0.461 e. The first-order valence-electron chi connectivity index (χ1n) is 6.62. The molecule has 0 N–H and O–H groups in total. The first kappa shape index (κ1) is 16.7. The van der Waals surface area contributed by atoms with E-state index < -0.39 is 5.97 Å². The maximum Gasteiger partial charge on any atom is 0.359 e. The van der Waals surface area contributed by atoms with Gasteiger partial charge in [-0.05, 0) is 26.0 Å². The van der Waals surface area contributed by atoms with Crippen LogP contribution in [0.15, 0.2) is 24.3 Å². The molecule has 2 aromatic rings. The normalized spacial score (nSPS) is 10.5. The van der Waals surface area contributed by atoms with E-state index in [1.807, 2.05) is 0 Å². The summed E-state index contributed by atoms with van der Waals surface area (Å²) in [6.07, 6.45) is 0. The number of carbonyl (C=O) groups excluding carboxylic acids is 2. The van der Waals surface area contributed by atoms with E-state index in [-0.39, 0.29) is 29.0 Å². The number of Topliss-reactive ketones (excluding diaryl/α,β-unsaturated/α-hetero) is 1. The van der Waals surface area contributed by atoms with Crippen molar-refractivity contribution in [3.8, 4) is 5.69 Å². The van der Waals surface area contributed by atoms with Crippen LogP contribution < -0.4 is 0 Å². The third-order valence-corrected chi connectivity index (χ3v) is 3.89. The smallest absolute Gasteiger partial charge is 0.359 e. The molecule has 1 heterocycles. The Balaban J connectivity index is 2.65. The SMILES string of the molecule is CCOC(=O)c1nn(-c2ccccc2Cl)c(C)c1C(=O)CBr. The van der Waals surface area contributed by atoms with Gasteiger partial charge in [-0.15, -0.1) is 0 Å². The molecule has 0 aliphatic rings. The van der Waals surface area contributed by atoms with Gasteiger partial charge < -0.3 is 4.74 Å². The summed E-state index contributed by atoms with van der Waals surface area (Å²) >= 11 is 9.30. The van der Waals surface area contributed by atoms with Crippen LogP contribution in [-0.2, 0) is 4.74 Å². The fourth-order valence-electron chi connectivity index (χ4n) is 2.10. The highest BCUT2D eigenvalue weighted by atomic mass is 79.9. The van der Waals surface area contributed by atoms with E-state index in [1.54, 1.807) is 38.1 Å². The van der Waals surface area contributed by atoms with Gasteiger partial charge >= 0.3 is 5.97 Å². The quantitative estimate of drug-likeness (QED) is 0.448. The van der Waals surface area contributed by atoms with Gasteiger partial charge in [0.2, 0.25) is 0 Å². The predicted octanol–water partition coefficient (Wildman–Crippen LogP) is 3.59. The molecule has 0 aliphatic carbocycles. The van der Waals surface area contributed by atoms with Crippen LogP contribution in [0.25, 0.3) is 5.69 Å². The van der Waals surface area contributed by atoms with E-state index in [0.717, 1.165) is 0 Å². The van der Waals surface area contributed by atoms with Gasteiger partial charge in [0, 0.05) is 0 Å². The average Bonchev–Trinajstić information content (AvgIpc) is 2.85. The Labute approximate surface area is 141 Å². The van der Waals surface area contributed by atoms with Crippen molar-refractivity contribution in [2.24, 2.45) is 0 Å². The molecular weight excluding hydrogens is 372 g/mol. The summed E-state index contributed by atoms with van der Waals surface area (Å²) in [6.45, 7) is 3.62. The number of ether oxygens (including phenoxy) is 1. The van der Waals surface area contributed by atoms with Crippen LogP contribution >= 0.6 is 27.5 Å². The van der Waals surface area contributed by atoms with E-state index in [2.05, 4.69) is 21.0 Å². The molecule has 0 saturated heterocycles. The Morgan fingerprint density at radius 2 is 2.05 bits per heavy atom. The van der Waals surface area contributed by atoms with E-state index in [9.17, 15) is 9.59 Å². The molecule has 0 saturated carbocycles. The number of aromatic nitrogens is 2. The van der Waals surface area contributed by atoms with Crippen LogP contribution in [0.3, 0.4) is 0 Å². The molecular formula is C15H14BrClN2O3. The van der Waals surface area contributed by atoms with Crippen molar-refractivity contribution >= 4 is 39.3 Å². The van der Waals surface area contributed by atoms with Crippen molar-refractivity contribution in [2.75, 3.05) is 11.9 Å². The molecule has 7 heteroatoms. The summed E-state index contributed by atoms with van der Waals surface area (Å²) in [5, 5.41) is 4.81. The van der Waals surface area contributed by atoms with Crippen LogP contribution in [0, 0.1) is 6.92 Å². The minimum absolute atomic E-state index is 0.00344. The molecule has 0 fully saturated rings. The van der Waals surface area contributed by atoms with Gasteiger partial charge in [0.1, 0.15) is 0 Å². The molecule has 1 aromatic heterocycles. The van der Waals surface area contributed by atoms with Crippen molar-refractivity contribution in [2.45, 2.75) is 13.8 Å². The highest BCUT2D eigenvalue weighted by molar-refractivity contribution is 9.09. The average molecular weight is 386 g/mol. The van der Waals surface area contributed by atoms with Crippen molar-refractivity contribution in [1.29, 1.82) is 0 Å². The van der Waals surface area contributed by atoms with Gasteiger partial charge in [0.15, 0.2) is 11.5 Å². The maximum absolute atomic E-state index is 12.2. The topological polar surface area (TPSA) is 61.2 Å².